The molecule has 0 saturated heterocycles. The van der Waals surface area contributed by atoms with E-state index in [1.54, 1.807) is 6.07 Å². The standard InChI is InChI=1S/C11H10BrNO2/c12-13-6-5-8(7-14)11(15)9-3-1-2-4-10(9)13/h1-4,7-8H,5-6H2. The van der Waals surface area contributed by atoms with E-state index in [2.05, 4.69) is 16.1 Å². The van der Waals surface area contributed by atoms with E-state index in [1.165, 1.54) is 0 Å². The lowest BCUT2D eigenvalue weighted by molar-refractivity contribution is -0.110. The van der Waals surface area contributed by atoms with Crippen LogP contribution in [-0.4, -0.2) is 18.6 Å². The van der Waals surface area contributed by atoms with Crippen LogP contribution in [0.3, 0.4) is 0 Å². The number of Topliss-reactive ketones (excluding diaryl/α,β-unsaturated/α-hetero) is 1. The van der Waals surface area contributed by atoms with Crippen LogP contribution in [0.2, 0.25) is 0 Å². The Balaban J connectivity index is 2.50. The van der Waals surface area contributed by atoms with E-state index in [4.69, 9.17) is 0 Å². The van der Waals surface area contributed by atoms with Crippen molar-refractivity contribution in [3.63, 3.8) is 0 Å². The molecule has 0 spiro atoms. The Morgan fingerprint density at radius 3 is 2.87 bits per heavy atom. The van der Waals surface area contributed by atoms with Crippen LogP contribution in [0.25, 0.3) is 0 Å². The molecule has 1 aromatic rings. The average molecular weight is 268 g/mol. The summed E-state index contributed by atoms with van der Waals surface area (Å²) in [5, 5.41) is 0. The molecule has 0 aromatic heterocycles. The van der Waals surface area contributed by atoms with Crippen molar-refractivity contribution in [1.29, 1.82) is 0 Å². The third-order valence-electron chi connectivity index (χ3n) is 2.57. The lowest BCUT2D eigenvalue weighted by Crippen LogP contribution is -2.16. The smallest absolute Gasteiger partial charge is 0.175 e. The first-order valence-corrected chi connectivity index (χ1v) is 5.47. The van der Waals surface area contributed by atoms with Gasteiger partial charge in [0.2, 0.25) is 0 Å². The first-order chi connectivity index (χ1) is 7.24. The highest BCUT2D eigenvalue weighted by molar-refractivity contribution is 9.10. The number of para-hydroxylation sites is 1. The number of halogens is 1. The van der Waals surface area contributed by atoms with Crippen LogP contribution in [0.5, 0.6) is 0 Å². The Morgan fingerprint density at radius 1 is 1.40 bits per heavy atom. The number of benzene rings is 1. The molecule has 78 valence electrons. The van der Waals surface area contributed by atoms with E-state index in [1.807, 2.05) is 22.1 Å². The lowest BCUT2D eigenvalue weighted by Gasteiger charge is -2.14. The van der Waals surface area contributed by atoms with Gasteiger partial charge in [-0.05, 0) is 18.6 Å². The summed E-state index contributed by atoms with van der Waals surface area (Å²) < 4.78 is 1.84. The molecule has 1 atom stereocenters. The van der Waals surface area contributed by atoms with Gasteiger partial charge in [0.05, 0.1) is 11.6 Å². The Bertz CT molecular complexity index is 405. The van der Waals surface area contributed by atoms with Gasteiger partial charge in [-0.2, -0.15) is 0 Å². The summed E-state index contributed by atoms with van der Waals surface area (Å²) in [7, 11) is 0. The number of hydrogen-bond acceptors (Lipinski definition) is 3. The zero-order valence-corrected chi connectivity index (χ0v) is 9.61. The minimum atomic E-state index is -0.506. The second kappa shape index (κ2) is 4.14. The number of carbonyl (C=O) groups is 2. The molecular weight excluding hydrogens is 258 g/mol. The van der Waals surface area contributed by atoms with E-state index in [0.717, 1.165) is 12.0 Å². The number of anilines is 1. The minimum Gasteiger partial charge on any atom is -0.308 e. The van der Waals surface area contributed by atoms with Gasteiger partial charge >= 0.3 is 0 Å². The molecule has 2 rings (SSSR count). The lowest BCUT2D eigenvalue weighted by atomic mass is 9.97. The monoisotopic (exact) mass is 267 g/mol. The Morgan fingerprint density at radius 2 is 2.13 bits per heavy atom. The maximum absolute atomic E-state index is 11.9. The van der Waals surface area contributed by atoms with Crippen molar-refractivity contribution >= 4 is 33.9 Å². The summed E-state index contributed by atoms with van der Waals surface area (Å²) in [6, 6.07) is 7.31. The third-order valence-corrected chi connectivity index (χ3v) is 3.31. The first-order valence-electron chi connectivity index (χ1n) is 4.76. The molecule has 1 aromatic carbocycles. The SMILES string of the molecule is O=CC1CCN(Br)c2ccccc2C1=O. The average Bonchev–Trinajstić information content (AvgIpc) is 2.39. The van der Waals surface area contributed by atoms with Crippen molar-refractivity contribution in [1.82, 2.24) is 0 Å². The van der Waals surface area contributed by atoms with Crippen LogP contribution in [0.1, 0.15) is 16.8 Å². The molecule has 0 saturated carbocycles. The number of nitrogens with zero attached hydrogens (tertiary/aromatic N) is 1. The van der Waals surface area contributed by atoms with E-state index in [-0.39, 0.29) is 5.78 Å². The topological polar surface area (TPSA) is 37.4 Å². The van der Waals surface area contributed by atoms with Crippen LogP contribution >= 0.6 is 16.1 Å². The Kier molecular flexibility index (Phi) is 2.86. The van der Waals surface area contributed by atoms with Crippen molar-refractivity contribution in [2.75, 3.05) is 10.5 Å². The quantitative estimate of drug-likeness (QED) is 0.445. The van der Waals surface area contributed by atoms with Gasteiger partial charge in [-0.15, -0.1) is 0 Å². The van der Waals surface area contributed by atoms with E-state index >= 15 is 0 Å². The zero-order chi connectivity index (χ0) is 10.8. The number of aldehydes is 1. The number of fused-ring (bicyclic) bond motifs is 1. The van der Waals surface area contributed by atoms with Crippen LogP contribution in [-0.2, 0) is 4.79 Å². The van der Waals surface area contributed by atoms with Gasteiger partial charge in [0.1, 0.15) is 6.29 Å². The van der Waals surface area contributed by atoms with Gasteiger partial charge < -0.3 is 8.72 Å². The molecule has 1 unspecified atom stereocenters. The molecule has 0 fully saturated rings. The highest BCUT2D eigenvalue weighted by Crippen LogP contribution is 2.29. The Labute approximate surface area is 96.4 Å². The van der Waals surface area contributed by atoms with Gasteiger partial charge in [0.25, 0.3) is 0 Å². The fourth-order valence-electron chi connectivity index (χ4n) is 1.73. The van der Waals surface area contributed by atoms with Gasteiger partial charge in [-0.1, -0.05) is 12.1 Å². The van der Waals surface area contributed by atoms with Crippen molar-refractivity contribution in [2.24, 2.45) is 5.92 Å². The second-order valence-electron chi connectivity index (χ2n) is 3.50. The molecule has 0 amide bonds. The van der Waals surface area contributed by atoms with Crippen LogP contribution < -0.4 is 3.93 Å². The summed E-state index contributed by atoms with van der Waals surface area (Å²) >= 11 is 3.39. The van der Waals surface area contributed by atoms with Crippen molar-refractivity contribution in [2.45, 2.75) is 6.42 Å². The first kappa shape index (κ1) is 10.4. The summed E-state index contributed by atoms with van der Waals surface area (Å²) in [5.41, 5.74) is 1.45. The van der Waals surface area contributed by atoms with Gasteiger partial charge in [-0.25, -0.2) is 0 Å². The maximum atomic E-state index is 11.9. The normalized spacial score (nSPS) is 20.7. The van der Waals surface area contributed by atoms with Gasteiger partial charge in [0.15, 0.2) is 5.78 Å². The number of rotatable bonds is 1. The summed E-state index contributed by atoms with van der Waals surface area (Å²) in [6.07, 6.45) is 1.30. The highest BCUT2D eigenvalue weighted by Gasteiger charge is 2.27. The molecule has 0 aliphatic carbocycles. The van der Waals surface area contributed by atoms with Gasteiger partial charge in [0, 0.05) is 28.3 Å². The fraction of sp³-hybridized carbons (Fsp3) is 0.273. The van der Waals surface area contributed by atoms with Crippen molar-refractivity contribution in [3.8, 4) is 0 Å². The van der Waals surface area contributed by atoms with Gasteiger partial charge in [-0.3, -0.25) is 4.79 Å². The van der Waals surface area contributed by atoms with Crippen LogP contribution in [0, 0.1) is 5.92 Å². The molecule has 1 aliphatic heterocycles. The number of hydrogen-bond donors (Lipinski definition) is 0. The third kappa shape index (κ3) is 1.81. The minimum absolute atomic E-state index is 0.0810. The van der Waals surface area contributed by atoms with Crippen LogP contribution in [0.15, 0.2) is 24.3 Å². The largest absolute Gasteiger partial charge is 0.308 e. The molecule has 1 heterocycles. The molecule has 0 N–H and O–H groups in total. The molecule has 0 radical (unpaired) electrons. The molecular formula is C11H10BrNO2. The molecule has 15 heavy (non-hydrogen) atoms. The molecule has 3 nitrogen and oxygen atoms in total. The van der Waals surface area contributed by atoms with Crippen molar-refractivity contribution in [3.05, 3.63) is 29.8 Å². The summed E-state index contributed by atoms with van der Waals surface area (Å²) in [4.78, 5) is 22.7. The summed E-state index contributed by atoms with van der Waals surface area (Å²) in [6.45, 7) is 0.659. The molecule has 0 bridgehead atoms. The molecule has 1 aliphatic rings. The highest BCUT2D eigenvalue weighted by atomic mass is 79.9. The predicted octanol–water partition coefficient (Wildman–Crippen LogP) is 2.20. The number of ketones is 1. The van der Waals surface area contributed by atoms with Crippen molar-refractivity contribution < 1.29 is 9.59 Å². The molecule has 4 heteroatoms. The Hall–Kier alpha value is -1.16. The van der Waals surface area contributed by atoms with Crippen LogP contribution in [0.4, 0.5) is 5.69 Å². The zero-order valence-electron chi connectivity index (χ0n) is 8.02. The van der Waals surface area contributed by atoms with E-state index in [0.29, 0.717) is 18.5 Å². The number of carbonyl (C=O) groups excluding carboxylic acids is 2. The maximum Gasteiger partial charge on any atom is 0.175 e. The predicted molar refractivity (Wildman–Crippen MR) is 61.2 cm³/mol. The summed E-state index contributed by atoms with van der Waals surface area (Å²) in [5.74, 6) is -0.587. The second-order valence-corrected chi connectivity index (χ2v) is 4.35. The van der Waals surface area contributed by atoms with E-state index < -0.39 is 5.92 Å². The van der Waals surface area contributed by atoms with E-state index in [9.17, 15) is 9.59 Å². The fourth-order valence-corrected chi connectivity index (χ4v) is 2.24.